The molecule has 2 rings (SSSR count). The molecule has 1 saturated heterocycles. The summed E-state index contributed by atoms with van der Waals surface area (Å²) in [4.78, 5) is 2.46. The van der Waals surface area contributed by atoms with Gasteiger partial charge in [0, 0.05) is 24.1 Å². The molecule has 1 aliphatic rings. The second-order valence-corrected chi connectivity index (χ2v) is 5.49. The van der Waals surface area contributed by atoms with Gasteiger partial charge in [-0.15, -0.1) is 0 Å². The fourth-order valence-corrected chi connectivity index (χ4v) is 2.53. The summed E-state index contributed by atoms with van der Waals surface area (Å²) in [7, 11) is 0. The first-order valence-electron chi connectivity index (χ1n) is 5.76. The standard InChI is InChI=1S/C13H18BrNO/c1-10-7-15(8-11(2)16-10)9-12-3-5-13(14)6-4-12/h3-6,10-11H,7-9H2,1-2H3/t10-,11?/m0/s1. The lowest BCUT2D eigenvalue weighted by atomic mass is 10.1. The second-order valence-electron chi connectivity index (χ2n) is 4.58. The van der Waals surface area contributed by atoms with Crippen LogP contribution in [-0.4, -0.2) is 30.2 Å². The minimum absolute atomic E-state index is 0.346. The van der Waals surface area contributed by atoms with Gasteiger partial charge in [0.25, 0.3) is 0 Å². The quantitative estimate of drug-likeness (QED) is 0.827. The molecular formula is C13H18BrNO. The molecule has 1 aromatic rings. The lowest BCUT2D eigenvalue weighted by Gasteiger charge is -2.35. The summed E-state index contributed by atoms with van der Waals surface area (Å²) in [6.45, 7) is 7.36. The van der Waals surface area contributed by atoms with Gasteiger partial charge in [0.1, 0.15) is 0 Å². The molecular weight excluding hydrogens is 266 g/mol. The average Bonchev–Trinajstić information content (AvgIpc) is 2.20. The van der Waals surface area contributed by atoms with Crippen molar-refractivity contribution >= 4 is 15.9 Å². The summed E-state index contributed by atoms with van der Waals surface area (Å²) >= 11 is 3.46. The zero-order chi connectivity index (χ0) is 11.5. The third-order valence-corrected chi connectivity index (χ3v) is 3.34. The molecule has 0 saturated carbocycles. The molecule has 0 aromatic heterocycles. The Kier molecular flexibility index (Phi) is 4.00. The smallest absolute Gasteiger partial charge is 0.0678 e. The van der Waals surface area contributed by atoms with Crippen molar-refractivity contribution < 1.29 is 4.74 Å². The fraction of sp³-hybridized carbons (Fsp3) is 0.538. The molecule has 1 aliphatic heterocycles. The Balaban J connectivity index is 1.96. The number of morpholine rings is 1. The van der Waals surface area contributed by atoms with Gasteiger partial charge in [-0.2, -0.15) is 0 Å². The van der Waals surface area contributed by atoms with Crippen molar-refractivity contribution in [2.75, 3.05) is 13.1 Å². The van der Waals surface area contributed by atoms with Crippen LogP contribution in [0.15, 0.2) is 28.7 Å². The van der Waals surface area contributed by atoms with Crippen LogP contribution in [0.2, 0.25) is 0 Å². The molecule has 0 amide bonds. The summed E-state index contributed by atoms with van der Waals surface area (Å²) in [6, 6.07) is 8.55. The first kappa shape index (κ1) is 12.1. The highest BCUT2D eigenvalue weighted by molar-refractivity contribution is 9.10. The summed E-state index contributed by atoms with van der Waals surface area (Å²) in [5.41, 5.74) is 1.37. The first-order valence-corrected chi connectivity index (χ1v) is 6.55. The van der Waals surface area contributed by atoms with E-state index in [0.717, 1.165) is 24.1 Å². The number of ether oxygens (including phenoxy) is 1. The Morgan fingerprint density at radius 3 is 2.31 bits per heavy atom. The van der Waals surface area contributed by atoms with E-state index in [4.69, 9.17) is 4.74 Å². The van der Waals surface area contributed by atoms with Gasteiger partial charge in [0.15, 0.2) is 0 Å². The Bertz CT molecular complexity index is 328. The average molecular weight is 284 g/mol. The van der Waals surface area contributed by atoms with Gasteiger partial charge in [-0.1, -0.05) is 28.1 Å². The van der Waals surface area contributed by atoms with Crippen LogP contribution in [0.4, 0.5) is 0 Å². The minimum atomic E-state index is 0.346. The van der Waals surface area contributed by atoms with Crippen molar-refractivity contribution in [3.8, 4) is 0 Å². The number of hydrogen-bond acceptors (Lipinski definition) is 2. The van der Waals surface area contributed by atoms with E-state index < -0.39 is 0 Å². The van der Waals surface area contributed by atoms with E-state index >= 15 is 0 Å². The molecule has 88 valence electrons. The highest BCUT2D eigenvalue weighted by atomic mass is 79.9. The van der Waals surface area contributed by atoms with Gasteiger partial charge in [-0.3, -0.25) is 4.90 Å². The molecule has 1 aromatic carbocycles. The molecule has 16 heavy (non-hydrogen) atoms. The van der Waals surface area contributed by atoms with E-state index in [9.17, 15) is 0 Å². The van der Waals surface area contributed by atoms with Gasteiger partial charge in [-0.05, 0) is 31.5 Å². The Morgan fingerprint density at radius 1 is 1.19 bits per heavy atom. The summed E-state index contributed by atoms with van der Waals surface area (Å²) in [5, 5.41) is 0. The van der Waals surface area contributed by atoms with Crippen LogP contribution in [0.3, 0.4) is 0 Å². The van der Waals surface area contributed by atoms with Gasteiger partial charge < -0.3 is 4.74 Å². The first-order chi connectivity index (χ1) is 7.63. The molecule has 2 atom stereocenters. The number of benzene rings is 1. The molecule has 0 bridgehead atoms. The fourth-order valence-electron chi connectivity index (χ4n) is 2.26. The molecule has 0 N–H and O–H groups in total. The summed E-state index contributed by atoms with van der Waals surface area (Å²) in [6.07, 6.45) is 0.693. The zero-order valence-electron chi connectivity index (χ0n) is 9.82. The summed E-state index contributed by atoms with van der Waals surface area (Å²) < 4.78 is 6.86. The topological polar surface area (TPSA) is 12.5 Å². The Labute approximate surface area is 106 Å². The van der Waals surface area contributed by atoms with Crippen LogP contribution in [-0.2, 0) is 11.3 Å². The predicted molar refractivity (Wildman–Crippen MR) is 69.4 cm³/mol. The van der Waals surface area contributed by atoms with Gasteiger partial charge in [0.2, 0.25) is 0 Å². The van der Waals surface area contributed by atoms with Crippen molar-refractivity contribution in [2.24, 2.45) is 0 Å². The number of hydrogen-bond donors (Lipinski definition) is 0. The maximum Gasteiger partial charge on any atom is 0.0678 e. The van der Waals surface area contributed by atoms with Crippen molar-refractivity contribution in [3.63, 3.8) is 0 Å². The highest BCUT2D eigenvalue weighted by Gasteiger charge is 2.21. The van der Waals surface area contributed by atoms with Crippen molar-refractivity contribution in [3.05, 3.63) is 34.3 Å². The van der Waals surface area contributed by atoms with E-state index in [0.29, 0.717) is 12.2 Å². The van der Waals surface area contributed by atoms with Crippen molar-refractivity contribution in [1.29, 1.82) is 0 Å². The van der Waals surface area contributed by atoms with Crippen LogP contribution in [0, 0.1) is 0 Å². The molecule has 0 radical (unpaired) electrons. The van der Waals surface area contributed by atoms with Crippen LogP contribution < -0.4 is 0 Å². The SMILES string of the molecule is CC1CN(Cc2ccc(Br)cc2)C[C@H](C)O1. The molecule has 1 unspecified atom stereocenters. The number of nitrogens with zero attached hydrogens (tertiary/aromatic N) is 1. The summed E-state index contributed by atoms with van der Waals surface area (Å²) in [5.74, 6) is 0. The van der Waals surface area contributed by atoms with E-state index in [-0.39, 0.29) is 0 Å². The van der Waals surface area contributed by atoms with Crippen LogP contribution in [0.5, 0.6) is 0 Å². The van der Waals surface area contributed by atoms with Gasteiger partial charge in [0.05, 0.1) is 12.2 Å². The molecule has 0 aliphatic carbocycles. The van der Waals surface area contributed by atoms with E-state index in [1.165, 1.54) is 5.56 Å². The third kappa shape index (κ3) is 3.30. The Morgan fingerprint density at radius 2 is 1.75 bits per heavy atom. The van der Waals surface area contributed by atoms with Crippen molar-refractivity contribution in [1.82, 2.24) is 4.90 Å². The van der Waals surface area contributed by atoms with Crippen LogP contribution >= 0.6 is 15.9 Å². The van der Waals surface area contributed by atoms with Crippen LogP contribution in [0.1, 0.15) is 19.4 Å². The molecule has 3 heteroatoms. The largest absolute Gasteiger partial charge is 0.373 e. The molecule has 2 nitrogen and oxygen atoms in total. The van der Waals surface area contributed by atoms with Crippen LogP contribution in [0.25, 0.3) is 0 Å². The van der Waals surface area contributed by atoms with Gasteiger partial charge >= 0.3 is 0 Å². The van der Waals surface area contributed by atoms with E-state index in [2.05, 4.69) is 58.9 Å². The molecule has 0 spiro atoms. The monoisotopic (exact) mass is 283 g/mol. The number of rotatable bonds is 2. The molecule has 1 heterocycles. The normalized spacial score (nSPS) is 26.9. The van der Waals surface area contributed by atoms with Gasteiger partial charge in [-0.25, -0.2) is 0 Å². The predicted octanol–water partition coefficient (Wildman–Crippen LogP) is 3.06. The molecule has 1 fully saturated rings. The number of halogens is 1. The lowest BCUT2D eigenvalue weighted by molar-refractivity contribution is -0.0704. The second kappa shape index (κ2) is 5.30. The highest BCUT2D eigenvalue weighted by Crippen LogP contribution is 2.16. The van der Waals surface area contributed by atoms with Crippen molar-refractivity contribution in [2.45, 2.75) is 32.6 Å². The maximum absolute atomic E-state index is 5.72. The van der Waals surface area contributed by atoms with E-state index in [1.54, 1.807) is 0 Å². The third-order valence-electron chi connectivity index (χ3n) is 2.81. The zero-order valence-corrected chi connectivity index (χ0v) is 11.4. The maximum atomic E-state index is 5.72. The van der Waals surface area contributed by atoms with E-state index in [1.807, 2.05) is 0 Å². The Hall–Kier alpha value is -0.380. The lowest BCUT2D eigenvalue weighted by Crippen LogP contribution is -2.44. The minimum Gasteiger partial charge on any atom is -0.373 e.